The van der Waals surface area contributed by atoms with E-state index >= 15 is 0 Å². The Labute approximate surface area is 121 Å². The highest BCUT2D eigenvalue weighted by Crippen LogP contribution is 2.19. The average molecular weight is 278 g/mol. The van der Waals surface area contributed by atoms with Crippen molar-refractivity contribution >= 4 is 0 Å². The molecule has 1 aromatic carbocycles. The van der Waals surface area contributed by atoms with Crippen LogP contribution in [0.4, 0.5) is 0 Å². The van der Waals surface area contributed by atoms with Gasteiger partial charge in [0.25, 0.3) is 0 Å². The zero-order valence-corrected chi connectivity index (χ0v) is 12.5. The van der Waals surface area contributed by atoms with Crippen molar-refractivity contribution in [2.45, 2.75) is 38.9 Å². The van der Waals surface area contributed by atoms with Crippen molar-refractivity contribution in [2.24, 2.45) is 0 Å². The molecule has 0 aromatic heterocycles. The van der Waals surface area contributed by atoms with Crippen LogP contribution in [0.5, 0.6) is 5.75 Å². The summed E-state index contributed by atoms with van der Waals surface area (Å²) < 4.78 is 0. The minimum absolute atomic E-state index is 0.244. The van der Waals surface area contributed by atoms with Crippen molar-refractivity contribution < 1.29 is 10.2 Å². The van der Waals surface area contributed by atoms with Gasteiger partial charge in [-0.25, -0.2) is 0 Å². The fourth-order valence-corrected chi connectivity index (χ4v) is 3.08. The van der Waals surface area contributed by atoms with Crippen molar-refractivity contribution in [1.82, 2.24) is 9.80 Å². The number of piperazine rings is 1. The van der Waals surface area contributed by atoms with Crippen LogP contribution < -0.4 is 0 Å². The Kier molecular flexibility index (Phi) is 5.40. The number of phenols is 1. The lowest BCUT2D eigenvalue weighted by molar-refractivity contribution is 0.0349. The molecule has 0 aliphatic carbocycles. The van der Waals surface area contributed by atoms with E-state index in [2.05, 4.69) is 29.7 Å². The Balaban J connectivity index is 1.97. The number of hydrogen-bond donors (Lipinski definition) is 2. The molecule has 0 unspecified atom stereocenters. The second-order valence-corrected chi connectivity index (χ2v) is 5.90. The Morgan fingerprint density at radius 3 is 2.75 bits per heavy atom. The Morgan fingerprint density at radius 1 is 1.30 bits per heavy atom. The first-order valence-corrected chi connectivity index (χ1v) is 7.47. The van der Waals surface area contributed by atoms with Crippen molar-refractivity contribution in [3.8, 4) is 5.75 Å². The fourth-order valence-electron chi connectivity index (χ4n) is 3.08. The molecular weight excluding hydrogens is 252 g/mol. The van der Waals surface area contributed by atoms with Gasteiger partial charge in [0, 0.05) is 44.9 Å². The number of rotatable bonds is 5. The molecule has 112 valence electrons. The third-order valence-electron chi connectivity index (χ3n) is 4.05. The summed E-state index contributed by atoms with van der Waals surface area (Å²) in [4.78, 5) is 4.89. The van der Waals surface area contributed by atoms with E-state index in [1.807, 2.05) is 12.1 Å². The maximum absolute atomic E-state index is 9.53. The molecule has 1 atom stereocenters. The summed E-state index contributed by atoms with van der Waals surface area (Å²) in [6.45, 7) is 8.60. The average Bonchev–Trinajstić information content (AvgIpc) is 2.39. The van der Waals surface area contributed by atoms with Gasteiger partial charge in [-0.2, -0.15) is 0 Å². The first-order valence-electron chi connectivity index (χ1n) is 7.47. The van der Waals surface area contributed by atoms with Gasteiger partial charge in [0.1, 0.15) is 5.75 Å². The fraction of sp³-hybridized carbons (Fsp3) is 0.625. The normalized spacial score (nSPS) is 21.5. The predicted octanol–water partition coefficient (Wildman–Crippen LogP) is 1.67. The lowest BCUT2D eigenvalue weighted by Crippen LogP contribution is -2.55. The van der Waals surface area contributed by atoms with Gasteiger partial charge in [0.05, 0.1) is 0 Å². The summed E-state index contributed by atoms with van der Waals surface area (Å²) in [5, 5.41) is 18.8. The molecule has 1 saturated heterocycles. The lowest BCUT2D eigenvalue weighted by Gasteiger charge is -2.43. The van der Waals surface area contributed by atoms with E-state index in [1.54, 1.807) is 6.07 Å². The second-order valence-electron chi connectivity index (χ2n) is 5.90. The van der Waals surface area contributed by atoms with Crippen LogP contribution in [0, 0.1) is 0 Å². The molecular formula is C16H26N2O2. The van der Waals surface area contributed by atoms with Crippen LogP contribution in [-0.4, -0.2) is 58.3 Å². The van der Waals surface area contributed by atoms with Crippen LogP contribution in [0.15, 0.2) is 24.3 Å². The first-order chi connectivity index (χ1) is 9.60. The summed E-state index contributed by atoms with van der Waals surface area (Å²) in [5.41, 5.74) is 1.14. The van der Waals surface area contributed by atoms with Gasteiger partial charge in [-0.1, -0.05) is 12.1 Å². The molecule has 1 aliphatic rings. The van der Waals surface area contributed by atoms with Gasteiger partial charge in [-0.15, -0.1) is 0 Å². The minimum atomic E-state index is 0.244. The quantitative estimate of drug-likeness (QED) is 0.860. The highest BCUT2D eigenvalue weighted by Gasteiger charge is 2.28. The van der Waals surface area contributed by atoms with E-state index in [9.17, 15) is 10.2 Å². The number of aromatic hydroxyl groups is 1. The molecule has 0 saturated carbocycles. The van der Waals surface area contributed by atoms with E-state index < -0.39 is 0 Å². The molecule has 1 fully saturated rings. The number of aliphatic hydroxyl groups is 1. The highest BCUT2D eigenvalue weighted by atomic mass is 16.3. The summed E-state index contributed by atoms with van der Waals surface area (Å²) in [7, 11) is 0. The van der Waals surface area contributed by atoms with Crippen molar-refractivity contribution in [2.75, 3.05) is 26.2 Å². The van der Waals surface area contributed by atoms with Crippen LogP contribution in [0.25, 0.3) is 0 Å². The van der Waals surface area contributed by atoms with Crippen LogP contribution in [0.1, 0.15) is 25.8 Å². The number of benzene rings is 1. The molecule has 1 aliphatic heterocycles. The first kappa shape index (κ1) is 15.3. The maximum atomic E-state index is 9.53. The van der Waals surface area contributed by atoms with Gasteiger partial charge in [0.15, 0.2) is 0 Å². The highest BCUT2D eigenvalue weighted by molar-refractivity contribution is 5.27. The number of phenolic OH excluding ortho intramolecular Hbond substituents is 1. The number of hydrogen-bond acceptors (Lipinski definition) is 4. The van der Waals surface area contributed by atoms with E-state index in [4.69, 9.17) is 0 Å². The minimum Gasteiger partial charge on any atom is -0.508 e. The van der Waals surface area contributed by atoms with E-state index in [-0.39, 0.29) is 6.61 Å². The maximum Gasteiger partial charge on any atom is 0.115 e. The summed E-state index contributed by atoms with van der Waals surface area (Å²) >= 11 is 0. The van der Waals surface area contributed by atoms with Crippen LogP contribution >= 0.6 is 0 Å². The smallest absolute Gasteiger partial charge is 0.115 e. The van der Waals surface area contributed by atoms with Crippen molar-refractivity contribution in [1.29, 1.82) is 0 Å². The third-order valence-corrected chi connectivity index (χ3v) is 4.05. The second kappa shape index (κ2) is 7.07. The summed E-state index contributed by atoms with van der Waals surface area (Å²) in [6.07, 6.45) is 0.828. The number of nitrogens with zero attached hydrogens (tertiary/aromatic N) is 2. The molecule has 2 rings (SSSR count). The third kappa shape index (κ3) is 3.95. The molecule has 2 N–H and O–H groups in total. The van der Waals surface area contributed by atoms with E-state index in [1.165, 1.54) is 0 Å². The van der Waals surface area contributed by atoms with Crippen LogP contribution in [0.2, 0.25) is 0 Å². The summed E-state index contributed by atoms with van der Waals surface area (Å²) in [5.74, 6) is 0.329. The molecule has 4 nitrogen and oxygen atoms in total. The number of aliphatic hydroxyl groups excluding tert-OH is 1. The van der Waals surface area contributed by atoms with Gasteiger partial charge < -0.3 is 10.2 Å². The van der Waals surface area contributed by atoms with Gasteiger partial charge in [-0.05, 0) is 38.0 Å². The van der Waals surface area contributed by atoms with Crippen molar-refractivity contribution in [3.05, 3.63) is 29.8 Å². The Bertz CT molecular complexity index is 423. The molecule has 20 heavy (non-hydrogen) atoms. The molecule has 0 bridgehead atoms. The summed E-state index contributed by atoms with van der Waals surface area (Å²) in [6, 6.07) is 8.42. The molecule has 0 radical (unpaired) electrons. The monoisotopic (exact) mass is 278 g/mol. The Morgan fingerprint density at radius 2 is 2.10 bits per heavy atom. The van der Waals surface area contributed by atoms with Gasteiger partial charge in [-0.3, -0.25) is 9.80 Å². The zero-order valence-electron chi connectivity index (χ0n) is 12.5. The van der Waals surface area contributed by atoms with Gasteiger partial charge in [0.2, 0.25) is 0 Å². The predicted molar refractivity (Wildman–Crippen MR) is 80.7 cm³/mol. The topological polar surface area (TPSA) is 46.9 Å². The lowest BCUT2D eigenvalue weighted by atomic mass is 10.1. The standard InChI is InChI=1S/C16H26N2O2/c1-13(2)18-8-7-17(12-15(18)6-9-19)11-14-4-3-5-16(20)10-14/h3-5,10,13,15,19-20H,6-9,11-12H2,1-2H3/t15-/m1/s1. The Hall–Kier alpha value is -1.10. The largest absolute Gasteiger partial charge is 0.508 e. The molecule has 1 aromatic rings. The van der Waals surface area contributed by atoms with Crippen LogP contribution in [-0.2, 0) is 6.54 Å². The van der Waals surface area contributed by atoms with E-state index in [0.29, 0.717) is 17.8 Å². The van der Waals surface area contributed by atoms with Crippen molar-refractivity contribution in [3.63, 3.8) is 0 Å². The molecule has 1 heterocycles. The zero-order chi connectivity index (χ0) is 14.5. The van der Waals surface area contributed by atoms with Crippen LogP contribution in [0.3, 0.4) is 0 Å². The molecule has 0 spiro atoms. The SMILES string of the molecule is CC(C)N1CCN(Cc2cccc(O)c2)C[C@H]1CCO. The molecule has 4 heteroatoms. The van der Waals surface area contributed by atoms with E-state index in [0.717, 1.165) is 38.2 Å². The van der Waals surface area contributed by atoms with Gasteiger partial charge >= 0.3 is 0 Å². The molecule has 0 amide bonds.